The number of carbonyl (C=O) groups excluding carboxylic acids is 3. The Hall–Kier alpha value is -3.01. The second-order valence-corrected chi connectivity index (χ2v) is 14.2. The topological polar surface area (TPSA) is 88.2 Å². The first-order chi connectivity index (χ1) is 20.3. The molecule has 4 heterocycles. The van der Waals surface area contributed by atoms with Gasteiger partial charge in [-0.3, -0.25) is 24.6 Å². The summed E-state index contributed by atoms with van der Waals surface area (Å²) in [5, 5.41) is 2.41. The van der Waals surface area contributed by atoms with Crippen LogP contribution in [0.15, 0.2) is 42.5 Å². The molecule has 1 N–H and O–H groups in total. The van der Waals surface area contributed by atoms with E-state index in [1.54, 1.807) is 4.90 Å². The van der Waals surface area contributed by atoms with E-state index < -0.39 is 11.5 Å². The van der Waals surface area contributed by atoms with Crippen LogP contribution < -0.4 is 15.7 Å². The highest BCUT2D eigenvalue weighted by Gasteiger charge is 2.52. The molecule has 43 heavy (non-hydrogen) atoms. The summed E-state index contributed by atoms with van der Waals surface area (Å²) in [4.78, 5) is 42.2. The molecule has 0 saturated carbocycles. The Labute approximate surface area is 255 Å². The van der Waals surface area contributed by atoms with E-state index in [0.29, 0.717) is 12.3 Å². The van der Waals surface area contributed by atoms with Gasteiger partial charge in [0.15, 0.2) is 0 Å². The number of imide groups is 1. The molecule has 4 aliphatic rings. The number of carbonyl (C=O) groups is 3. The minimum Gasteiger partial charge on any atom is -0.399 e. The van der Waals surface area contributed by atoms with E-state index in [1.807, 2.05) is 26.0 Å². The zero-order valence-electron chi connectivity index (χ0n) is 26.4. The third-order valence-corrected chi connectivity index (χ3v) is 10.5. The summed E-state index contributed by atoms with van der Waals surface area (Å²) < 4.78 is 12.4. The molecule has 2 aromatic carbocycles. The first-order valence-electron chi connectivity index (χ1n) is 15.8. The van der Waals surface area contributed by atoms with Crippen molar-refractivity contribution in [2.24, 2.45) is 0 Å². The van der Waals surface area contributed by atoms with Gasteiger partial charge in [-0.25, -0.2) is 0 Å². The van der Waals surface area contributed by atoms with E-state index >= 15 is 0 Å². The number of hydrogen-bond donors (Lipinski definition) is 1. The lowest BCUT2D eigenvalue weighted by Gasteiger charge is -2.32. The summed E-state index contributed by atoms with van der Waals surface area (Å²) in [5.74, 6) is -0.203. The maximum Gasteiger partial charge on any atom is 0.494 e. The van der Waals surface area contributed by atoms with Gasteiger partial charge in [-0.2, -0.15) is 0 Å². The molecular weight excluding hydrogens is 541 g/mol. The van der Waals surface area contributed by atoms with Gasteiger partial charge in [-0.05, 0) is 114 Å². The Balaban J connectivity index is 1.08. The number of rotatable bonds is 6. The fourth-order valence-corrected chi connectivity index (χ4v) is 7.15. The molecule has 3 amide bonds. The van der Waals surface area contributed by atoms with Crippen LogP contribution in [0.1, 0.15) is 89.8 Å². The quantitative estimate of drug-likeness (QED) is 0.410. The standard InChI is InChI=1S/C34H44BN3O5/c1-32(2)29-24(8-7-9-26(29)38(31(32)41)27-14-15-28(39)36-30(27)40)18-21-37-19-16-23(17-20-37)22-10-12-25(13-11-22)35-42-33(3,4)34(5,6)43-35/h7-13,23,27H,14-21H2,1-6H3,(H,36,39,40). The maximum atomic E-state index is 13.6. The zero-order valence-corrected chi connectivity index (χ0v) is 26.4. The van der Waals surface area contributed by atoms with Crippen LogP contribution in [0, 0.1) is 0 Å². The molecule has 0 radical (unpaired) electrons. The monoisotopic (exact) mass is 585 g/mol. The van der Waals surface area contributed by atoms with Gasteiger partial charge in [0.05, 0.1) is 16.6 Å². The molecule has 3 fully saturated rings. The van der Waals surface area contributed by atoms with Gasteiger partial charge in [0.1, 0.15) is 6.04 Å². The van der Waals surface area contributed by atoms with E-state index in [9.17, 15) is 14.4 Å². The summed E-state index contributed by atoms with van der Waals surface area (Å²) in [6.07, 6.45) is 3.66. The average Bonchev–Trinajstić information content (AvgIpc) is 3.31. The molecule has 9 heteroatoms. The summed E-state index contributed by atoms with van der Waals surface area (Å²) in [7, 11) is -0.336. The Kier molecular flexibility index (Phi) is 7.59. The molecular formula is C34H44BN3O5. The van der Waals surface area contributed by atoms with Crippen LogP contribution in [0.2, 0.25) is 0 Å². The minimum atomic E-state index is -0.729. The van der Waals surface area contributed by atoms with Crippen molar-refractivity contribution in [1.29, 1.82) is 0 Å². The molecule has 228 valence electrons. The molecule has 0 bridgehead atoms. The van der Waals surface area contributed by atoms with Crippen molar-refractivity contribution < 1.29 is 23.7 Å². The lowest BCUT2D eigenvalue weighted by Crippen LogP contribution is -2.55. The number of likely N-dealkylation sites (tertiary alicyclic amines) is 1. The molecule has 3 saturated heterocycles. The number of anilines is 1. The third-order valence-electron chi connectivity index (χ3n) is 10.5. The van der Waals surface area contributed by atoms with Crippen LogP contribution >= 0.6 is 0 Å². The predicted molar refractivity (Wildman–Crippen MR) is 167 cm³/mol. The zero-order chi connectivity index (χ0) is 30.7. The lowest BCUT2D eigenvalue weighted by atomic mass is 9.77. The molecule has 1 atom stereocenters. The fourth-order valence-electron chi connectivity index (χ4n) is 7.15. The maximum absolute atomic E-state index is 13.6. The van der Waals surface area contributed by atoms with Crippen molar-refractivity contribution in [1.82, 2.24) is 10.2 Å². The van der Waals surface area contributed by atoms with Crippen molar-refractivity contribution in [3.63, 3.8) is 0 Å². The Morgan fingerprint density at radius 3 is 2.16 bits per heavy atom. The Morgan fingerprint density at radius 1 is 0.884 bits per heavy atom. The molecule has 1 unspecified atom stereocenters. The number of piperidine rings is 2. The van der Waals surface area contributed by atoms with Crippen molar-refractivity contribution in [3.8, 4) is 0 Å². The number of benzene rings is 2. The van der Waals surface area contributed by atoms with Crippen LogP contribution in [0.4, 0.5) is 5.69 Å². The minimum absolute atomic E-state index is 0.0743. The van der Waals surface area contributed by atoms with Crippen LogP contribution in [-0.2, 0) is 35.5 Å². The highest BCUT2D eigenvalue weighted by Crippen LogP contribution is 2.45. The van der Waals surface area contributed by atoms with Gasteiger partial charge in [0.2, 0.25) is 17.7 Å². The van der Waals surface area contributed by atoms with Crippen LogP contribution in [0.5, 0.6) is 0 Å². The molecule has 8 nitrogen and oxygen atoms in total. The Bertz CT molecular complexity index is 1410. The molecule has 0 spiro atoms. The van der Waals surface area contributed by atoms with E-state index in [0.717, 1.165) is 61.2 Å². The van der Waals surface area contributed by atoms with Crippen molar-refractivity contribution in [2.45, 2.75) is 102 Å². The second-order valence-electron chi connectivity index (χ2n) is 14.2. The number of nitrogens with one attached hydrogen (secondary N) is 1. The van der Waals surface area contributed by atoms with E-state index in [1.165, 1.54) is 5.56 Å². The summed E-state index contributed by atoms with van der Waals surface area (Å²) in [5.41, 5.74) is 4.00. The van der Waals surface area contributed by atoms with Crippen LogP contribution in [0.3, 0.4) is 0 Å². The average molecular weight is 586 g/mol. The number of hydrogen-bond acceptors (Lipinski definition) is 6. The van der Waals surface area contributed by atoms with Crippen molar-refractivity contribution in [3.05, 3.63) is 59.2 Å². The Morgan fingerprint density at radius 2 is 1.53 bits per heavy atom. The molecule has 6 rings (SSSR count). The molecule has 4 aliphatic heterocycles. The van der Waals surface area contributed by atoms with Gasteiger partial charge in [-0.15, -0.1) is 0 Å². The molecule has 0 aromatic heterocycles. The van der Waals surface area contributed by atoms with Crippen LogP contribution in [0.25, 0.3) is 0 Å². The lowest BCUT2D eigenvalue weighted by molar-refractivity contribution is -0.136. The molecule has 2 aromatic rings. The van der Waals surface area contributed by atoms with Gasteiger partial charge in [0, 0.05) is 18.7 Å². The smallest absolute Gasteiger partial charge is 0.399 e. The van der Waals surface area contributed by atoms with E-state index in [-0.39, 0.29) is 42.5 Å². The van der Waals surface area contributed by atoms with Crippen molar-refractivity contribution in [2.75, 3.05) is 24.5 Å². The van der Waals surface area contributed by atoms with E-state index in [2.05, 4.69) is 68.2 Å². The second kappa shape index (κ2) is 10.9. The third kappa shape index (κ3) is 5.34. The number of fused-ring (bicyclic) bond motifs is 1. The molecule has 0 aliphatic carbocycles. The highest BCUT2D eigenvalue weighted by molar-refractivity contribution is 6.62. The summed E-state index contributed by atoms with van der Waals surface area (Å²) in [6.45, 7) is 15.2. The number of nitrogens with zero attached hydrogens (tertiary/aromatic N) is 2. The first-order valence-corrected chi connectivity index (χ1v) is 15.8. The summed E-state index contributed by atoms with van der Waals surface area (Å²) >= 11 is 0. The van der Waals surface area contributed by atoms with Gasteiger partial charge >= 0.3 is 7.12 Å². The first kappa shape index (κ1) is 30.0. The highest BCUT2D eigenvalue weighted by atomic mass is 16.7. The van der Waals surface area contributed by atoms with E-state index in [4.69, 9.17) is 9.31 Å². The van der Waals surface area contributed by atoms with Crippen molar-refractivity contribution >= 4 is 36.0 Å². The SMILES string of the molecule is CC1(C)C(=O)N(C2CCC(=O)NC2=O)c2cccc(CCN3CCC(c4ccc(B5OC(C)(C)C(C)(C)O5)cc4)CC3)c21. The predicted octanol–water partition coefficient (Wildman–Crippen LogP) is 3.84. The normalized spacial score (nSPS) is 25.3. The van der Waals surface area contributed by atoms with Crippen LogP contribution in [-0.4, -0.2) is 66.6 Å². The fraction of sp³-hybridized carbons (Fsp3) is 0.559. The van der Waals surface area contributed by atoms with Gasteiger partial charge in [0.25, 0.3) is 0 Å². The number of amides is 3. The van der Waals surface area contributed by atoms with Gasteiger partial charge < -0.3 is 14.2 Å². The summed E-state index contributed by atoms with van der Waals surface area (Å²) in [6, 6.07) is 14.2. The largest absolute Gasteiger partial charge is 0.494 e. The van der Waals surface area contributed by atoms with Gasteiger partial charge in [-0.1, -0.05) is 36.4 Å².